The van der Waals surface area contributed by atoms with Gasteiger partial charge in [-0.15, -0.1) is 0 Å². The Morgan fingerprint density at radius 3 is 2.70 bits per heavy atom. The molecule has 0 unspecified atom stereocenters. The van der Waals surface area contributed by atoms with Gasteiger partial charge in [0.25, 0.3) is 0 Å². The Balaban J connectivity index is 1.69. The molecule has 1 aliphatic carbocycles. The predicted octanol–water partition coefficient (Wildman–Crippen LogP) is 2.54. The van der Waals surface area contributed by atoms with E-state index in [0.717, 1.165) is 29.1 Å². The summed E-state index contributed by atoms with van der Waals surface area (Å²) in [6.45, 7) is 0.829. The molecule has 0 N–H and O–H groups in total. The third kappa shape index (κ3) is 2.60. The normalized spacial score (nSPS) is 14.2. The largest absolute Gasteiger partial charge is 0.497 e. The van der Waals surface area contributed by atoms with E-state index in [9.17, 15) is 0 Å². The number of methoxy groups -OCH3 is 1. The second-order valence-electron chi connectivity index (χ2n) is 5.91. The van der Waals surface area contributed by atoms with E-state index in [1.165, 1.54) is 18.4 Å². The number of fused-ring (bicyclic) bond motifs is 1. The van der Waals surface area contributed by atoms with Crippen LogP contribution in [0.25, 0.3) is 11.0 Å². The Hall–Kier alpha value is -2.63. The van der Waals surface area contributed by atoms with Gasteiger partial charge >= 0.3 is 0 Å². The van der Waals surface area contributed by atoms with Crippen molar-refractivity contribution in [2.45, 2.75) is 25.4 Å². The second kappa shape index (κ2) is 5.53. The highest BCUT2D eigenvalue weighted by molar-refractivity contribution is 5.86. The summed E-state index contributed by atoms with van der Waals surface area (Å²) in [4.78, 5) is 11.3. The standard InChI is InChI=1S/C17H19N5O/c1-21-16-15(9-20-21)17(19-11-18-16)22(13-5-6-13)10-12-3-7-14(23-2)8-4-12/h3-4,7-9,11,13H,5-6,10H2,1-2H3. The third-order valence-corrected chi connectivity index (χ3v) is 4.28. The molecule has 4 rings (SSSR count). The molecule has 0 bridgehead atoms. The van der Waals surface area contributed by atoms with Gasteiger partial charge in [0.15, 0.2) is 5.65 Å². The van der Waals surface area contributed by atoms with Crippen LogP contribution >= 0.6 is 0 Å². The third-order valence-electron chi connectivity index (χ3n) is 4.28. The molecule has 0 aliphatic heterocycles. The fourth-order valence-corrected chi connectivity index (χ4v) is 2.87. The van der Waals surface area contributed by atoms with Gasteiger partial charge in [0, 0.05) is 19.6 Å². The molecule has 1 aromatic carbocycles. The van der Waals surface area contributed by atoms with E-state index < -0.39 is 0 Å². The van der Waals surface area contributed by atoms with Gasteiger partial charge in [0.2, 0.25) is 0 Å². The van der Waals surface area contributed by atoms with E-state index in [1.54, 1.807) is 18.1 Å². The Morgan fingerprint density at radius 1 is 1.22 bits per heavy atom. The first-order chi connectivity index (χ1) is 11.3. The molecule has 1 saturated carbocycles. The van der Waals surface area contributed by atoms with E-state index in [-0.39, 0.29) is 0 Å². The number of benzene rings is 1. The summed E-state index contributed by atoms with van der Waals surface area (Å²) < 4.78 is 7.02. The molecule has 2 heterocycles. The van der Waals surface area contributed by atoms with Gasteiger partial charge in [-0.3, -0.25) is 4.68 Å². The number of anilines is 1. The summed E-state index contributed by atoms with van der Waals surface area (Å²) in [6, 6.07) is 8.77. The van der Waals surface area contributed by atoms with E-state index in [4.69, 9.17) is 4.74 Å². The van der Waals surface area contributed by atoms with Crippen molar-refractivity contribution in [3.05, 3.63) is 42.4 Å². The molecule has 1 aliphatic rings. The summed E-state index contributed by atoms with van der Waals surface area (Å²) in [5.74, 6) is 1.85. The maximum absolute atomic E-state index is 5.23. The molecule has 0 spiro atoms. The maximum Gasteiger partial charge on any atom is 0.163 e. The Kier molecular flexibility index (Phi) is 3.37. The van der Waals surface area contributed by atoms with Gasteiger partial charge in [-0.05, 0) is 30.5 Å². The summed E-state index contributed by atoms with van der Waals surface area (Å²) in [7, 11) is 3.59. The van der Waals surface area contributed by atoms with Crippen molar-refractivity contribution in [1.29, 1.82) is 0 Å². The lowest BCUT2D eigenvalue weighted by atomic mass is 10.2. The van der Waals surface area contributed by atoms with Crippen LogP contribution in [0.1, 0.15) is 18.4 Å². The second-order valence-corrected chi connectivity index (χ2v) is 5.91. The molecular weight excluding hydrogens is 290 g/mol. The molecule has 23 heavy (non-hydrogen) atoms. The van der Waals surface area contributed by atoms with E-state index >= 15 is 0 Å². The fraction of sp³-hybridized carbons (Fsp3) is 0.353. The molecule has 0 saturated heterocycles. The maximum atomic E-state index is 5.23. The van der Waals surface area contributed by atoms with Crippen LogP contribution in [-0.2, 0) is 13.6 Å². The Morgan fingerprint density at radius 2 is 2.00 bits per heavy atom. The molecular formula is C17H19N5O. The number of aryl methyl sites for hydroxylation is 1. The van der Waals surface area contributed by atoms with Crippen LogP contribution in [-0.4, -0.2) is 32.9 Å². The molecule has 2 aromatic heterocycles. The first-order valence-corrected chi connectivity index (χ1v) is 7.78. The van der Waals surface area contributed by atoms with Crippen molar-refractivity contribution < 1.29 is 4.74 Å². The van der Waals surface area contributed by atoms with Crippen molar-refractivity contribution in [2.24, 2.45) is 7.05 Å². The number of hydrogen-bond donors (Lipinski definition) is 0. The van der Waals surface area contributed by atoms with Gasteiger partial charge in [0.1, 0.15) is 17.9 Å². The lowest BCUT2D eigenvalue weighted by Gasteiger charge is -2.24. The van der Waals surface area contributed by atoms with Gasteiger partial charge in [0.05, 0.1) is 18.7 Å². The average Bonchev–Trinajstić information content (AvgIpc) is 3.36. The molecule has 6 nitrogen and oxygen atoms in total. The molecule has 0 amide bonds. The van der Waals surface area contributed by atoms with Gasteiger partial charge in [-0.25, -0.2) is 9.97 Å². The van der Waals surface area contributed by atoms with Crippen LogP contribution in [0, 0.1) is 0 Å². The number of ether oxygens (including phenoxy) is 1. The molecule has 6 heteroatoms. The van der Waals surface area contributed by atoms with Crippen LogP contribution in [0.15, 0.2) is 36.8 Å². The topological polar surface area (TPSA) is 56.1 Å². The van der Waals surface area contributed by atoms with Crippen molar-refractivity contribution in [2.75, 3.05) is 12.0 Å². The van der Waals surface area contributed by atoms with Gasteiger partial charge < -0.3 is 9.64 Å². The smallest absolute Gasteiger partial charge is 0.163 e. The minimum atomic E-state index is 0.551. The Labute approximate surface area is 134 Å². The van der Waals surface area contributed by atoms with Crippen LogP contribution in [0.4, 0.5) is 5.82 Å². The van der Waals surface area contributed by atoms with Gasteiger partial charge in [-0.1, -0.05) is 12.1 Å². The average molecular weight is 309 g/mol. The van der Waals surface area contributed by atoms with Crippen molar-refractivity contribution in [3.8, 4) is 5.75 Å². The quantitative estimate of drug-likeness (QED) is 0.725. The number of rotatable bonds is 5. The fourth-order valence-electron chi connectivity index (χ4n) is 2.87. The SMILES string of the molecule is COc1ccc(CN(c2ncnc3c2cnn3C)C2CC2)cc1. The highest BCUT2D eigenvalue weighted by atomic mass is 16.5. The highest BCUT2D eigenvalue weighted by Gasteiger charge is 2.31. The summed E-state index contributed by atoms with van der Waals surface area (Å²) in [6.07, 6.45) is 5.90. The number of nitrogens with zero attached hydrogens (tertiary/aromatic N) is 5. The first-order valence-electron chi connectivity index (χ1n) is 7.78. The minimum absolute atomic E-state index is 0.551. The van der Waals surface area contributed by atoms with E-state index in [1.807, 2.05) is 25.4 Å². The molecule has 3 aromatic rings. The molecule has 1 fully saturated rings. The molecule has 118 valence electrons. The van der Waals surface area contributed by atoms with Crippen LogP contribution in [0.3, 0.4) is 0 Å². The molecule has 0 radical (unpaired) electrons. The van der Waals surface area contributed by atoms with Crippen molar-refractivity contribution in [3.63, 3.8) is 0 Å². The predicted molar refractivity (Wildman–Crippen MR) is 88.5 cm³/mol. The number of aromatic nitrogens is 4. The summed E-state index contributed by atoms with van der Waals surface area (Å²) >= 11 is 0. The summed E-state index contributed by atoms with van der Waals surface area (Å²) in [5, 5.41) is 5.33. The zero-order valence-corrected chi connectivity index (χ0v) is 13.3. The van der Waals surface area contributed by atoms with Crippen LogP contribution in [0.2, 0.25) is 0 Å². The lowest BCUT2D eigenvalue weighted by Crippen LogP contribution is -2.26. The van der Waals surface area contributed by atoms with Crippen molar-refractivity contribution in [1.82, 2.24) is 19.7 Å². The van der Waals surface area contributed by atoms with Gasteiger partial charge in [-0.2, -0.15) is 5.10 Å². The summed E-state index contributed by atoms with van der Waals surface area (Å²) in [5.41, 5.74) is 2.11. The van der Waals surface area contributed by atoms with E-state index in [0.29, 0.717) is 6.04 Å². The minimum Gasteiger partial charge on any atom is -0.497 e. The monoisotopic (exact) mass is 309 g/mol. The zero-order valence-electron chi connectivity index (χ0n) is 13.3. The van der Waals surface area contributed by atoms with Crippen molar-refractivity contribution >= 4 is 16.9 Å². The van der Waals surface area contributed by atoms with E-state index in [2.05, 4.69) is 32.1 Å². The molecule has 0 atom stereocenters. The zero-order chi connectivity index (χ0) is 15.8. The first kappa shape index (κ1) is 14.0. The highest BCUT2D eigenvalue weighted by Crippen LogP contribution is 2.35. The number of hydrogen-bond acceptors (Lipinski definition) is 5. The van der Waals surface area contributed by atoms with Crippen LogP contribution in [0.5, 0.6) is 5.75 Å². The Bertz CT molecular complexity index is 823. The van der Waals surface area contributed by atoms with Crippen LogP contribution < -0.4 is 9.64 Å². The lowest BCUT2D eigenvalue weighted by molar-refractivity contribution is 0.414.